The number of nitrogens with zero attached hydrogens (tertiary/aromatic N) is 1. The first kappa shape index (κ1) is 20.2. The molecule has 6 heteroatoms. The van der Waals surface area contributed by atoms with Crippen LogP contribution in [0.2, 0.25) is 10.0 Å². The number of hydrogen-bond acceptors (Lipinski definition) is 3. The van der Waals surface area contributed by atoms with E-state index in [1.807, 2.05) is 29.2 Å². The van der Waals surface area contributed by atoms with Crippen LogP contribution >= 0.6 is 23.2 Å². The van der Waals surface area contributed by atoms with Gasteiger partial charge in [0.05, 0.1) is 17.0 Å². The minimum atomic E-state index is -0.611. The molecule has 0 atom stereocenters. The fourth-order valence-corrected chi connectivity index (χ4v) is 4.63. The van der Waals surface area contributed by atoms with Gasteiger partial charge in [0, 0.05) is 36.5 Å². The lowest BCUT2D eigenvalue weighted by molar-refractivity contribution is -0.00565. The molecule has 1 saturated heterocycles. The molecule has 0 N–H and O–H groups in total. The normalized spacial score (nSPS) is 18.0. The van der Waals surface area contributed by atoms with Gasteiger partial charge in [-0.1, -0.05) is 49.2 Å². The molecule has 2 aromatic carbocycles. The highest BCUT2D eigenvalue weighted by atomic mass is 35.5. The predicted octanol–water partition coefficient (Wildman–Crippen LogP) is 5.76. The van der Waals surface area contributed by atoms with Crippen LogP contribution in [0.1, 0.15) is 65.3 Å². The van der Waals surface area contributed by atoms with Crippen LogP contribution in [0.4, 0.5) is 0 Å². The SMILES string of the molecule is CC(C)c1ccc(C(=O)N2CCC3(CC2)CC(=O)c2cc(Cl)cc(Cl)c2O3)cc1. The molecule has 0 saturated carbocycles. The first-order valence-electron chi connectivity index (χ1n) is 9.88. The van der Waals surface area contributed by atoms with Crippen LogP contribution in [-0.2, 0) is 0 Å². The Morgan fingerprint density at radius 3 is 2.38 bits per heavy atom. The third kappa shape index (κ3) is 3.88. The second-order valence-corrected chi connectivity index (χ2v) is 9.06. The van der Waals surface area contributed by atoms with Crippen LogP contribution in [0, 0.1) is 0 Å². The number of likely N-dealkylation sites (tertiary alicyclic amines) is 1. The minimum absolute atomic E-state index is 0.0142. The molecule has 2 aliphatic rings. The average Bonchev–Trinajstić information content (AvgIpc) is 2.69. The van der Waals surface area contributed by atoms with Crippen LogP contribution in [-0.4, -0.2) is 35.3 Å². The van der Waals surface area contributed by atoms with Gasteiger partial charge in [-0.3, -0.25) is 9.59 Å². The van der Waals surface area contributed by atoms with Gasteiger partial charge in [-0.2, -0.15) is 0 Å². The maximum Gasteiger partial charge on any atom is 0.253 e. The van der Waals surface area contributed by atoms with E-state index in [2.05, 4.69) is 13.8 Å². The lowest BCUT2D eigenvalue weighted by Crippen LogP contribution is -2.52. The molecule has 1 amide bonds. The summed E-state index contributed by atoms with van der Waals surface area (Å²) in [7, 11) is 0. The first-order valence-corrected chi connectivity index (χ1v) is 10.6. The standard InChI is InChI=1S/C23H23Cl2NO3/c1-14(2)15-3-5-16(6-4-15)22(28)26-9-7-23(8-10-26)13-20(27)18-11-17(24)12-19(25)21(18)29-23/h3-6,11-12,14H,7-10,13H2,1-2H3. The van der Waals surface area contributed by atoms with Crippen LogP contribution in [0.15, 0.2) is 36.4 Å². The molecule has 1 spiro atoms. The highest BCUT2D eigenvalue weighted by Crippen LogP contribution is 2.44. The number of fused-ring (bicyclic) bond motifs is 1. The van der Waals surface area contributed by atoms with E-state index in [-0.39, 0.29) is 18.1 Å². The zero-order valence-electron chi connectivity index (χ0n) is 16.5. The summed E-state index contributed by atoms with van der Waals surface area (Å²) < 4.78 is 6.24. The van der Waals surface area contributed by atoms with Crippen molar-refractivity contribution in [1.29, 1.82) is 0 Å². The highest BCUT2D eigenvalue weighted by molar-refractivity contribution is 6.36. The van der Waals surface area contributed by atoms with Gasteiger partial charge in [0.1, 0.15) is 11.4 Å². The lowest BCUT2D eigenvalue weighted by Gasteiger charge is -2.44. The fourth-order valence-electron chi connectivity index (χ4n) is 4.10. The minimum Gasteiger partial charge on any atom is -0.484 e. The Morgan fingerprint density at radius 2 is 1.76 bits per heavy atom. The number of piperidine rings is 1. The van der Waals surface area contributed by atoms with Crippen molar-refractivity contribution in [2.24, 2.45) is 0 Å². The molecular weight excluding hydrogens is 409 g/mol. The van der Waals surface area contributed by atoms with E-state index in [1.54, 1.807) is 12.1 Å². The molecular formula is C23H23Cl2NO3. The Morgan fingerprint density at radius 1 is 1.10 bits per heavy atom. The van der Waals surface area contributed by atoms with E-state index in [1.165, 1.54) is 5.56 Å². The quantitative estimate of drug-likeness (QED) is 0.607. The summed E-state index contributed by atoms with van der Waals surface area (Å²) in [4.78, 5) is 27.4. The number of carbonyl (C=O) groups excluding carboxylic acids is 2. The zero-order chi connectivity index (χ0) is 20.8. The van der Waals surface area contributed by atoms with Crippen molar-refractivity contribution in [1.82, 2.24) is 4.90 Å². The van der Waals surface area contributed by atoms with Gasteiger partial charge in [0.25, 0.3) is 5.91 Å². The van der Waals surface area contributed by atoms with Crippen molar-refractivity contribution < 1.29 is 14.3 Å². The van der Waals surface area contributed by atoms with Gasteiger partial charge >= 0.3 is 0 Å². The summed E-state index contributed by atoms with van der Waals surface area (Å²) in [5.74, 6) is 0.846. The smallest absolute Gasteiger partial charge is 0.253 e. The number of ketones is 1. The maximum absolute atomic E-state index is 12.9. The Bertz CT molecular complexity index is 961. The molecule has 29 heavy (non-hydrogen) atoms. The number of amides is 1. The van der Waals surface area contributed by atoms with Gasteiger partial charge in [0.15, 0.2) is 5.78 Å². The monoisotopic (exact) mass is 431 g/mol. The molecule has 0 radical (unpaired) electrons. The van der Waals surface area contributed by atoms with Crippen molar-refractivity contribution >= 4 is 34.9 Å². The van der Waals surface area contributed by atoms with Crippen molar-refractivity contribution in [2.45, 2.75) is 44.6 Å². The van der Waals surface area contributed by atoms with Crippen LogP contribution in [0.3, 0.4) is 0 Å². The molecule has 4 nitrogen and oxygen atoms in total. The topological polar surface area (TPSA) is 46.6 Å². The van der Waals surface area contributed by atoms with Gasteiger partial charge < -0.3 is 9.64 Å². The second-order valence-electron chi connectivity index (χ2n) is 8.22. The summed E-state index contributed by atoms with van der Waals surface area (Å²) in [5.41, 5.74) is 1.73. The third-order valence-electron chi connectivity index (χ3n) is 5.90. The van der Waals surface area contributed by atoms with Gasteiger partial charge in [-0.15, -0.1) is 0 Å². The Labute approximate surface area is 180 Å². The van der Waals surface area contributed by atoms with Gasteiger partial charge in [-0.05, 0) is 35.7 Å². The summed E-state index contributed by atoms with van der Waals surface area (Å²) in [6.07, 6.45) is 1.46. The summed E-state index contributed by atoms with van der Waals surface area (Å²) >= 11 is 12.3. The van der Waals surface area contributed by atoms with E-state index >= 15 is 0 Å². The largest absolute Gasteiger partial charge is 0.484 e. The van der Waals surface area contributed by atoms with E-state index in [4.69, 9.17) is 27.9 Å². The van der Waals surface area contributed by atoms with Crippen molar-refractivity contribution in [2.75, 3.05) is 13.1 Å². The lowest BCUT2D eigenvalue weighted by atomic mass is 9.82. The molecule has 2 aliphatic heterocycles. The Kier molecular flexibility index (Phi) is 5.34. The Balaban J connectivity index is 1.48. The summed E-state index contributed by atoms with van der Waals surface area (Å²) in [5, 5.41) is 0.772. The average molecular weight is 432 g/mol. The van der Waals surface area contributed by atoms with E-state index in [0.29, 0.717) is 58.8 Å². The predicted molar refractivity (Wildman–Crippen MR) is 114 cm³/mol. The van der Waals surface area contributed by atoms with Crippen LogP contribution in [0.25, 0.3) is 0 Å². The van der Waals surface area contributed by atoms with Crippen molar-refractivity contribution in [3.8, 4) is 5.75 Å². The van der Waals surface area contributed by atoms with E-state index < -0.39 is 5.60 Å². The van der Waals surface area contributed by atoms with Crippen molar-refractivity contribution in [3.63, 3.8) is 0 Å². The van der Waals surface area contributed by atoms with E-state index in [0.717, 1.165) is 0 Å². The number of carbonyl (C=O) groups is 2. The third-order valence-corrected chi connectivity index (χ3v) is 6.40. The molecule has 1 fully saturated rings. The number of halogens is 2. The van der Waals surface area contributed by atoms with E-state index in [9.17, 15) is 9.59 Å². The highest BCUT2D eigenvalue weighted by Gasteiger charge is 2.44. The number of ether oxygens (including phenoxy) is 1. The number of Topliss-reactive ketones (excluding diaryl/α,β-unsaturated/α-hetero) is 1. The molecule has 2 aromatic rings. The van der Waals surface area contributed by atoms with Crippen LogP contribution < -0.4 is 4.74 Å². The van der Waals surface area contributed by atoms with Gasteiger partial charge in [0.2, 0.25) is 0 Å². The number of rotatable bonds is 2. The van der Waals surface area contributed by atoms with Gasteiger partial charge in [-0.25, -0.2) is 0 Å². The second kappa shape index (κ2) is 7.66. The van der Waals surface area contributed by atoms with Crippen LogP contribution in [0.5, 0.6) is 5.75 Å². The molecule has 2 heterocycles. The first-order chi connectivity index (χ1) is 13.8. The Hall–Kier alpha value is -2.04. The molecule has 0 aliphatic carbocycles. The molecule has 0 bridgehead atoms. The molecule has 4 rings (SSSR count). The maximum atomic E-state index is 12.9. The molecule has 0 aromatic heterocycles. The molecule has 152 valence electrons. The zero-order valence-corrected chi connectivity index (χ0v) is 18.0. The number of benzene rings is 2. The number of hydrogen-bond donors (Lipinski definition) is 0. The molecule has 0 unspecified atom stereocenters. The van der Waals surface area contributed by atoms with Crippen molar-refractivity contribution in [3.05, 3.63) is 63.1 Å². The fraction of sp³-hybridized carbons (Fsp3) is 0.391. The summed E-state index contributed by atoms with van der Waals surface area (Å²) in [6.45, 7) is 5.34. The summed E-state index contributed by atoms with van der Waals surface area (Å²) in [6, 6.07) is 11.0.